The molecule has 0 spiro atoms. The van der Waals surface area contributed by atoms with E-state index in [1.165, 1.54) is 0 Å². The summed E-state index contributed by atoms with van der Waals surface area (Å²) in [6.45, 7) is 0. The van der Waals surface area contributed by atoms with Crippen LogP contribution in [0.4, 0.5) is 0 Å². The smallest absolute Gasteiger partial charge is 0.337 e. The van der Waals surface area contributed by atoms with Crippen molar-refractivity contribution in [1.82, 2.24) is 0 Å². The first kappa shape index (κ1) is 13.0. The third kappa shape index (κ3) is 1.99. The van der Waals surface area contributed by atoms with Gasteiger partial charge in [-0.15, -0.1) is 0 Å². The molecule has 98 valence electrons. The fourth-order valence-electron chi connectivity index (χ4n) is 1.65. The van der Waals surface area contributed by atoms with E-state index in [2.05, 4.69) is 4.74 Å². The summed E-state index contributed by atoms with van der Waals surface area (Å²) in [5.74, 6) is -1.67. The van der Waals surface area contributed by atoms with Crippen LogP contribution in [0.25, 0.3) is 0 Å². The van der Waals surface area contributed by atoms with Gasteiger partial charge in [0.2, 0.25) is 5.25 Å². The maximum atomic E-state index is 11.3. The molecular formula is C8H6O8S2. The number of hydrogen-bond donors (Lipinski definition) is 2. The van der Waals surface area contributed by atoms with Gasteiger partial charge in [0.05, 0.1) is 0 Å². The van der Waals surface area contributed by atoms with Gasteiger partial charge in [0.15, 0.2) is 0 Å². The minimum Gasteiger partial charge on any atom is -0.425 e. The first-order valence-electron chi connectivity index (χ1n) is 4.41. The molecule has 1 atom stereocenters. The molecule has 0 fully saturated rings. The van der Waals surface area contributed by atoms with Crippen LogP contribution in [0.3, 0.4) is 0 Å². The van der Waals surface area contributed by atoms with E-state index in [4.69, 9.17) is 9.11 Å². The highest BCUT2D eigenvalue weighted by Gasteiger charge is 2.45. The van der Waals surface area contributed by atoms with Gasteiger partial charge < -0.3 is 4.74 Å². The summed E-state index contributed by atoms with van der Waals surface area (Å²) in [7, 11) is -9.65. The van der Waals surface area contributed by atoms with E-state index in [-0.39, 0.29) is 5.75 Å². The van der Waals surface area contributed by atoms with Gasteiger partial charge in [0.25, 0.3) is 20.2 Å². The normalized spacial score (nSPS) is 19.4. The minimum atomic E-state index is -4.90. The van der Waals surface area contributed by atoms with Gasteiger partial charge >= 0.3 is 5.97 Å². The molecule has 1 aliphatic rings. The highest BCUT2D eigenvalue weighted by atomic mass is 32.2. The summed E-state index contributed by atoms with van der Waals surface area (Å²) in [6, 6.07) is 3.20. The number of hydrogen-bond acceptors (Lipinski definition) is 6. The quantitative estimate of drug-likeness (QED) is 0.434. The van der Waals surface area contributed by atoms with Crippen molar-refractivity contribution in [2.24, 2.45) is 0 Å². The molecule has 0 aliphatic carbocycles. The number of rotatable bonds is 2. The number of fused-ring (bicyclic) bond motifs is 1. The van der Waals surface area contributed by atoms with Crippen molar-refractivity contribution >= 4 is 26.2 Å². The van der Waals surface area contributed by atoms with Gasteiger partial charge in [0, 0.05) is 5.56 Å². The van der Waals surface area contributed by atoms with Gasteiger partial charge in [0.1, 0.15) is 10.6 Å². The van der Waals surface area contributed by atoms with Crippen LogP contribution < -0.4 is 4.74 Å². The third-order valence-corrected chi connectivity index (χ3v) is 4.22. The van der Waals surface area contributed by atoms with Gasteiger partial charge in [-0.2, -0.15) is 16.8 Å². The zero-order valence-corrected chi connectivity index (χ0v) is 10.1. The second kappa shape index (κ2) is 3.75. The van der Waals surface area contributed by atoms with Crippen LogP contribution in [0.5, 0.6) is 5.75 Å². The first-order chi connectivity index (χ1) is 8.12. The lowest BCUT2D eigenvalue weighted by molar-refractivity contribution is -0.132. The first-order valence-corrected chi connectivity index (χ1v) is 7.35. The van der Waals surface area contributed by atoms with Crippen molar-refractivity contribution in [2.45, 2.75) is 10.1 Å². The van der Waals surface area contributed by atoms with E-state index in [0.717, 1.165) is 18.2 Å². The molecule has 0 aromatic heterocycles. The van der Waals surface area contributed by atoms with Crippen LogP contribution in [0, 0.1) is 0 Å². The zero-order chi connectivity index (χ0) is 13.7. The number of ether oxygens (including phenoxy) is 1. The van der Waals surface area contributed by atoms with E-state index >= 15 is 0 Å². The summed E-state index contributed by atoms with van der Waals surface area (Å²) in [6.07, 6.45) is 0. The fourth-order valence-corrected chi connectivity index (χ4v) is 3.30. The minimum absolute atomic E-state index is 0.335. The van der Waals surface area contributed by atoms with Crippen molar-refractivity contribution < 1.29 is 35.5 Å². The Labute approximate surface area is 102 Å². The van der Waals surface area contributed by atoms with Crippen LogP contribution in [0.1, 0.15) is 10.8 Å². The molecule has 0 bridgehead atoms. The predicted molar refractivity (Wildman–Crippen MR) is 56.2 cm³/mol. The van der Waals surface area contributed by atoms with Crippen LogP contribution in [-0.2, 0) is 25.0 Å². The van der Waals surface area contributed by atoms with E-state index in [9.17, 15) is 21.6 Å². The maximum Gasteiger partial charge on any atom is 0.337 e. The van der Waals surface area contributed by atoms with Crippen molar-refractivity contribution in [3.05, 3.63) is 23.8 Å². The molecule has 1 aliphatic heterocycles. The van der Waals surface area contributed by atoms with Gasteiger partial charge in [-0.05, 0) is 12.1 Å². The number of esters is 1. The molecule has 18 heavy (non-hydrogen) atoms. The predicted octanol–water partition coefficient (Wildman–Crippen LogP) is -0.219. The molecule has 8 nitrogen and oxygen atoms in total. The summed E-state index contributed by atoms with van der Waals surface area (Å²) in [4.78, 5) is 10.5. The molecule has 0 saturated heterocycles. The second-order valence-corrected chi connectivity index (χ2v) is 6.35. The number of benzene rings is 1. The highest BCUT2D eigenvalue weighted by molar-refractivity contribution is 7.87. The van der Waals surface area contributed by atoms with E-state index in [1.54, 1.807) is 0 Å². The molecule has 2 rings (SSSR count). The molecule has 1 aromatic rings. The average Bonchev–Trinajstić information content (AvgIpc) is 2.50. The molecule has 1 aromatic carbocycles. The van der Waals surface area contributed by atoms with Gasteiger partial charge in [-0.3, -0.25) is 9.11 Å². The van der Waals surface area contributed by atoms with Crippen molar-refractivity contribution in [3.8, 4) is 5.75 Å². The summed E-state index contributed by atoms with van der Waals surface area (Å²) in [5, 5.41) is -2.18. The Morgan fingerprint density at radius 1 is 1.11 bits per heavy atom. The van der Waals surface area contributed by atoms with Crippen molar-refractivity contribution in [3.63, 3.8) is 0 Å². The maximum absolute atomic E-state index is 11.3. The number of carbonyl (C=O) groups excluding carboxylic acids is 1. The number of carbonyl (C=O) groups is 1. The van der Waals surface area contributed by atoms with E-state index in [0.29, 0.717) is 0 Å². The molecule has 1 heterocycles. The Balaban J connectivity index is 2.83. The lowest BCUT2D eigenvalue weighted by Crippen LogP contribution is -2.20. The zero-order valence-electron chi connectivity index (χ0n) is 8.47. The molecule has 0 saturated carbocycles. The SMILES string of the molecule is O=C1Oc2cccc(S(=O)(=O)O)c2C1S(=O)(=O)O. The molecule has 1 unspecified atom stereocenters. The highest BCUT2D eigenvalue weighted by Crippen LogP contribution is 2.41. The molecule has 10 heteroatoms. The Morgan fingerprint density at radius 2 is 1.72 bits per heavy atom. The van der Waals surface area contributed by atoms with Crippen molar-refractivity contribution in [1.29, 1.82) is 0 Å². The van der Waals surface area contributed by atoms with Crippen LogP contribution in [0.15, 0.2) is 23.1 Å². The lowest BCUT2D eigenvalue weighted by atomic mass is 10.1. The molecule has 0 radical (unpaired) electrons. The van der Waals surface area contributed by atoms with E-state index < -0.39 is 41.9 Å². The van der Waals surface area contributed by atoms with Crippen molar-refractivity contribution in [2.75, 3.05) is 0 Å². The summed E-state index contributed by atoms with van der Waals surface area (Å²) < 4.78 is 66.7. The standard InChI is InChI=1S/C8H6O8S2/c9-8-7(18(13,14)15)6-4(16-8)2-1-3-5(6)17(10,11)12/h1-3,7H,(H,10,11,12)(H,13,14,15). The largest absolute Gasteiger partial charge is 0.425 e. The topological polar surface area (TPSA) is 135 Å². The third-order valence-electron chi connectivity index (χ3n) is 2.29. The molecular weight excluding hydrogens is 288 g/mol. The average molecular weight is 294 g/mol. The molecule has 0 amide bonds. The summed E-state index contributed by atoms with van der Waals surface area (Å²) >= 11 is 0. The Kier molecular flexibility index (Phi) is 2.70. The lowest BCUT2D eigenvalue weighted by Gasteiger charge is -2.06. The van der Waals surface area contributed by atoms with Gasteiger partial charge in [-0.25, -0.2) is 4.79 Å². The van der Waals surface area contributed by atoms with Gasteiger partial charge in [-0.1, -0.05) is 6.07 Å². The monoisotopic (exact) mass is 294 g/mol. The summed E-state index contributed by atoms with van der Waals surface area (Å²) in [5.41, 5.74) is -0.590. The van der Waals surface area contributed by atoms with Crippen LogP contribution in [0.2, 0.25) is 0 Å². The molecule has 2 N–H and O–H groups in total. The Bertz CT molecular complexity index is 730. The fraction of sp³-hybridized carbons (Fsp3) is 0.125. The second-order valence-electron chi connectivity index (χ2n) is 3.46. The van der Waals surface area contributed by atoms with Crippen LogP contribution >= 0.6 is 0 Å². The van der Waals surface area contributed by atoms with Crippen LogP contribution in [-0.4, -0.2) is 31.9 Å². The van der Waals surface area contributed by atoms with E-state index in [1.807, 2.05) is 0 Å². The Hall–Kier alpha value is -1.49. The Morgan fingerprint density at radius 3 is 2.22 bits per heavy atom.